The summed E-state index contributed by atoms with van der Waals surface area (Å²) < 4.78 is 29.0. The lowest BCUT2D eigenvalue weighted by atomic mass is 10.1. The van der Waals surface area contributed by atoms with Crippen LogP contribution >= 0.6 is 0 Å². The first-order chi connectivity index (χ1) is 9.10. The van der Waals surface area contributed by atoms with Crippen LogP contribution in [0.25, 0.3) is 0 Å². The number of hydrogen-bond donors (Lipinski definition) is 2. The minimum Gasteiger partial charge on any atom is -0.399 e. The molecule has 0 atom stereocenters. The number of rotatable bonds is 2. The standard InChI is InChI=1S/C13H21N3O3S/c1-9-11(16-4-5-19-13(2,3)8-16)6-10(14)7-12(9)20(15,17)18/h6-7H,4-5,8,14H2,1-3H3,(H2,15,17,18). The van der Waals surface area contributed by atoms with Crippen LogP contribution in [0.5, 0.6) is 0 Å². The van der Waals surface area contributed by atoms with Gasteiger partial charge in [0, 0.05) is 24.5 Å². The Morgan fingerprint density at radius 2 is 2.00 bits per heavy atom. The molecule has 0 amide bonds. The van der Waals surface area contributed by atoms with E-state index in [4.69, 9.17) is 15.6 Å². The molecule has 1 heterocycles. The van der Waals surface area contributed by atoms with Gasteiger partial charge in [-0.3, -0.25) is 0 Å². The van der Waals surface area contributed by atoms with Gasteiger partial charge in [-0.05, 0) is 38.5 Å². The van der Waals surface area contributed by atoms with E-state index in [1.54, 1.807) is 13.0 Å². The molecule has 6 nitrogen and oxygen atoms in total. The van der Waals surface area contributed by atoms with Gasteiger partial charge in [-0.15, -0.1) is 0 Å². The highest BCUT2D eigenvalue weighted by Gasteiger charge is 2.29. The molecule has 1 fully saturated rings. The Labute approximate surface area is 119 Å². The van der Waals surface area contributed by atoms with E-state index in [9.17, 15) is 8.42 Å². The van der Waals surface area contributed by atoms with Crippen molar-refractivity contribution in [1.82, 2.24) is 0 Å². The fraction of sp³-hybridized carbons (Fsp3) is 0.538. The first-order valence-corrected chi connectivity index (χ1v) is 7.97. The van der Waals surface area contributed by atoms with Crippen molar-refractivity contribution in [2.45, 2.75) is 31.3 Å². The lowest BCUT2D eigenvalue weighted by Gasteiger charge is -2.40. The van der Waals surface area contributed by atoms with Crippen LogP contribution in [0.4, 0.5) is 11.4 Å². The molecule has 1 aliphatic rings. The van der Waals surface area contributed by atoms with Crippen LogP contribution in [0.15, 0.2) is 17.0 Å². The van der Waals surface area contributed by atoms with E-state index in [1.165, 1.54) is 6.07 Å². The third-order valence-electron chi connectivity index (χ3n) is 3.43. The van der Waals surface area contributed by atoms with Crippen molar-refractivity contribution in [2.75, 3.05) is 30.3 Å². The third kappa shape index (κ3) is 3.05. The van der Waals surface area contributed by atoms with E-state index >= 15 is 0 Å². The molecule has 1 aromatic rings. The van der Waals surface area contributed by atoms with Crippen LogP contribution < -0.4 is 15.8 Å². The third-order valence-corrected chi connectivity index (χ3v) is 4.46. The molecule has 20 heavy (non-hydrogen) atoms. The van der Waals surface area contributed by atoms with Crippen molar-refractivity contribution in [3.63, 3.8) is 0 Å². The lowest BCUT2D eigenvalue weighted by Crippen LogP contribution is -2.48. The highest BCUT2D eigenvalue weighted by Crippen LogP contribution is 2.31. The Morgan fingerprint density at radius 3 is 2.55 bits per heavy atom. The van der Waals surface area contributed by atoms with Crippen LogP contribution in [0.2, 0.25) is 0 Å². The number of sulfonamides is 1. The predicted molar refractivity (Wildman–Crippen MR) is 79.2 cm³/mol. The molecule has 0 unspecified atom stereocenters. The van der Waals surface area contributed by atoms with Gasteiger partial charge in [-0.1, -0.05) is 0 Å². The number of hydrogen-bond acceptors (Lipinski definition) is 5. The van der Waals surface area contributed by atoms with E-state index in [-0.39, 0.29) is 10.5 Å². The maximum Gasteiger partial charge on any atom is 0.238 e. The maximum absolute atomic E-state index is 11.6. The first-order valence-electron chi connectivity index (χ1n) is 6.42. The summed E-state index contributed by atoms with van der Waals surface area (Å²) in [4.78, 5) is 2.17. The van der Waals surface area contributed by atoms with E-state index in [1.807, 2.05) is 13.8 Å². The minimum absolute atomic E-state index is 0.0804. The maximum atomic E-state index is 11.6. The number of primary sulfonamides is 1. The van der Waals surface area contributed by atoms with Crippen LogP contribution in [-0.4, -0.2) is 33.7 Å². The number of ether oxygens (including phenoxy) is 1. The zero-order valence-corrected chi connectivity index (χ0v) is 12.8. The van der Waals surface area contributed by atoms with Gasteiger partial charge in [-0.25, -0.2) is 13.6 Å². The highest BCUT2D eigenvalue weighted by atomic mass is 32.2. The molecule has 0 spiro atoms. The van der Waals surface area contributed by atoms with Crippen LogP contribution in [0.1, 0.15) is 19.4 Å². The molecular weight excluding hydrogens is 278 g/mol. The van der Waals surface area contributed by atoms with Crippen molar-refractivity contribution < 1.29 is 13.2 Å². The predicted octanol–water partition coefficient (Wildman–Crippen LogP) is 0.840. The molecule has 1 aliphatic heterocycles. The van der Waals surface area contributed by atoms with Crippen molar-refractivity contribution in [3.8, 4) is 0 Å². The van der Waals surface area contributed by atoms with Crippen molar-refractivity contribution in [1.29, 1.82) is 0 Å². The average molecular weight is 299 g/mol. The molecule has 4 N–H and O–H groups in total. The Morgan fingerprint density at radius 1 is 1.35 bits per heavy atom. The minimum atomic E-state index is -3.78. The summed E-state index contributed by atoms with van der Waals surface area (Å²) in [6, 6.07) is 3.19. The second kappa shape index (κ2) is 4.91. The number of nitrogen functional groups attached to an aromatic ring is 1. The Balaban J connectivity index is 2.50. The topological polar surface area (TPSA) is 98.7 Å². The van der Waals surface area contributed by atoms with Gasteiger partial charge < -0.3 is 15.4 Å². The smallest absolute Gasteiger partial charge is 0.238 e. The monoisotopic (exact) mass is 299 g/mol. The summed E-state index contributed by atoms with van der Waals surface area (Å²) in [5, 5.41) is 5.25. The highest BCUT2D eigenvalue weighted by molar-refractivity contribution is 7.89. The second-order valence-corrected chi connectivity index (χ2v) is 7.27. The zero-order valence-electron chi connectivity index (χ0n) is 12.0. The van der Waals surface area contributed by atoms with Gasteiger partial charge in [-0.2, -0.15) is 0 Å². The molecule has 7 heteroatoms. The zero-order chi connectivity index (χ0) is 15.1. The number of benzene rings is 1. The molecule has 1 saturated heterocycles. The fourth-order valence-electron chi connectivity index (χ4n) is 2.54. The Kier molecular flexibility index (Phi) is 3.70. The normalized spacial score (nSPS) is 19.1. The van der Waals surface area contributed by atoms with E-state index in [0.717, 1.165) is 5.69 Å². The summed E-state index contributed by atoms with van der Waals surface area (Å²) in [6.07, 6.45) is 0. The molecule has 1 aromatic carbocycles. The summed E-state index contributed by atoms with van der Waals surface area (Å²) in [5.74, 6) is 0. The molecule has 0 radical (unpaired) electrons. The number of anilines is 2. The summed E-state index contributed by atoms with van der Waals surface area (Å²) in [6.45, 7) is 7.70. The van der Waals surface area contributed by atoms with Crippen LogP contribution in [0, 0.1) is 6.92 Å². The van der Waals surface area contributed by atoms with Gasteiger partial charge in [0.1, 0.15) is 0 Å². The number of nitrogens with two attached hydrogens (primary N) is 2. The first kappa shape index (κ1) is 15.1. The quantitative estimate of drug-likeness (QED) is 0.788. The average Bonchev–Trinajstić information content (AvgIpc) is 2.29. The van der Waals surface area contributed by atoms with Crippen LogP contribution in [-0.2, 0) is 14.8 Å². The largest absolute Gasteiger partial charge is 0.399 e. The SMILES string of the molecule is Cc1c(N2CCOC(C)(C)C2)cc(N)cc1S(N)(=O)=O. The van der Waals surface area contributed by atoms with Gasteiger partial charge >= 0.3 is 0 Å². The lowest BCUT2D eigenvalue weighted by molar-refractivity contribution is -0.0277. The molecule has 0 aliphatic carbocycles. The Bertz CT molecular complexity index is 626. The summed E-state index contributed by atoms with van der Waals surface area (Å²) in [7, 11) is -3.78. The fourth-order valence-corrected chi connectivity index (χ4v) is 3.37. The molecule has 0 aromatic heterocycles. The second-order valence-electron chi connectivity index (χ2n) is 5.74. The number of morpholine rings is 1. The van der Waals surface area contributed by atoms with Crippen molar-refractivity contribution in [2.24, 2.45) is 5.14 Å². The van der Waals surface area contributed by atoms with E-state index < -0.39 is 10.0 Å². The molecule has 2 rings (SSSR count). The summed E-state index contributed by atoms with van der Waals surface area (Å²) in [5.41, 5.74) is 7.35. The van der Waals surface area contributed by atoms with Gasteiger partial charge in [0.25, 0.3) is 0 Å². The summed E-state index contributed by atoms with van der Waals surface area (Å²) >= 11 is 0. The number of nitrogens with zero attached hydrogens (tertiary/aromatic N) is 1. The van der Waals surface area contributed by atoms with Gasteiger partial charge in [0.2, 0.25) is 10.0 Å². The van der Waals surface area contributed by atoms with Crippen molar-refractivity contribution >= 4 is 21.4 Å². The molecule has 112 valence electrons. The van der Waals surface area contributed by atoms with Crippen molar-refractivity contribution in [3.05, 3.63) is 17.7 Å². The van der Waals surface area contributed by atoms with Gasteiger partial charge in [0.05, 0.1) is 17.1 Å². The van der Waals surface area contributed by atoms with E-state index in [2.05, 4.69) is 4.90 Å². The molecular formula is C13H21N3O3S. The molecule has 0 saturated carbocycles. The Hall–Kier alpha value is -1.31. The molecule has 0 bridgehead atoms. The van der Waals surface area contributed by atoms with Gasteiger partial charge in [0.15, 0.2) is 0 Å². The van der Waals surface area contributed by atoms with E-state index in [0.29, 0.717) is 30.9 Å². The van der Waals surface area contributed by atoms with Crippen LogP contribution in [0.3, 0.4) is 0 Å².